The second-order valence-electron chi connectivity index (χ2n) is 6.57. The summed E-state index contributed by atoms with van der Waals surface area (Å²) in [5, 5.41) is 5.67. The van der Waals surface area contributed by atoms with Gasteiger partial charge < -0.3 is 10.6 Å². The van der Waals surface area contributed by atoms with Gasteiger partial charge in [-0.25, -0.2) is 0 Å². The minimum Gasteiger partial charge on any atom is -0.348 e. The molecular formula is C21H15N3O2. The molecule has 0 fully saturated rings. The van der Waals surface area contributed by atoms with Gasteiger partial charge in [-0.2, -0.15) is 0 Å². The molecule has 0 radical (unpaired) electrons. The second-order valence-corrected chi connectivity index (χ2v) is 6.57. The number of pyridine rings is 1. The van der Waals surface area contributed by atoms with Crippen molar-refractivity contribution in [1.29, 1.82) is 0 Å². The summed E-state index contributed by atoms with van der Waals surface area (Å²) in [6, 6.07) is 13.8. The van der Waals surface area contributed by atoms with Crippen molar-refractivity contribution in [1.82, 2.24) is 15.6 Å². The number of hydrogen-bond donors (Lipinski definition) is 2. The van der Waals surface area contributed by atoms with Crippen LogP contribution in [0.4, 0.5) is 0 Å². The van der Waals surface area contributed by atoms with Crippen molar-refractivity contribution in [3.63, 3.8) is 0 Å². The number of aromatic nitrogens is 1. The fourth-order valence-electron chi connectivity index (χ4n) is 3.54. The van der Waals surface area contributed by atoms with E-state index in [0.717, 1.165) is 44.5 Å². The second kappa shape index (κ2) is 5.52. The molecule has 5 heteroatoms. The number of carbonyl (C=O) groups is 2. The first-order valence-electron chi connectivity index (χ1n) is 8.47. The molecule has 2 amide bonds. The maximum absolute atomic E-state index is 11.9. The van der Waals surface area contributed by atoms with Crippen molar-refractivity contribution in [2.24, 2.45) is 0 Å². The number of rotatable bonds is 2. The van der Waals surface area contributed by atoms with Crippen molar-refractivity contribution in [2.45, 2.75) is 13.1 Å². The fraction of sp³-hybridized carbons (Fsp3) is 0.0952. The molecule has 2 aliphatic rings. The van der Waals surface area contributed by atoms with E-state index in [2.05, 4.69) is 15.6 Å². The summed E-state index contributed by atoms with van der Waals surface area (Å²) in [6.45, 7) is 1.17. The number of nitrogens with one attached hydrogen (secondary N) is 2. The van der Waals surface area contributed by atoms with Gasteiger partial charge in [0.1, 0.15) is 0 Å². The number of fused-ring (bicyclic) bond motifs is 2. The number of nitrogens with zero attached hydrogens (tertiary/aromatic N) is 1. The Morgan fingerprint density at radius 2 is 1.15 bits per heavy atom. The van der Waals surface area contributed by atoms with E-state index in [1.165, 1.54) is 0 Å². The first-order chi connectivity index (χ1) is 12.7. The molecule has 0 saturated heterocycles. The molecule has 3 aromatic rings. The lowest BCUT2D eigenvalue weighted by Gasteiger charge is -2.08. The highest BCUT2D eigenvalue weighted by molar-refractivity contribution is 6.00. The van der Waals surface area contributed by atoms with Crippen LogP contribution in [0.3, 0.4) is 0 Å². The van der Waals surface area contributed by atoms with Crippen molar-refractivity contribution in [2.75, 3.05) is 0 Å². The van der Waals surface area contributed by atoms with Gasteiger partial charge in [-0.1, -0.05) is 24.3 Å². The van der Waals surface area contributed by atoms with Crippen LogP contribution in [-0.4, -0.2) is 16.8 Å². The molecule has 5 rings (SSSR count). The Labute approximate surface area is 150 Å². The Kier molecular flexibility index (Phi) is 3.15. The zero-order chi connectivity index (χ0) is 17.7. The van der Waals surface area contributed by atoms with Crippen molar-refractivity contribution in [3.8, 4) is 22.3 Å². The molecule has 0 bridgehead atoms. The van der Waals surface area contributed by atoms with Gasteiger partial charge in [0.05, 0.1) is 0 Å². The fourth-order valence-corrected chi connectivity index (χ4v) is 3.54. The highest BCUT2D eigenvalue weighted by atomic mass is 16.2. The van der Waals surface area contributed by atoms with Crippen LogP contribution in [-0.2, 0) is 13.1 Å². The lowest BCUT2D eigenvalue weighted by atomic mass is 9.97. The number of amides is 2. The smallest absolute Gasteiger partial charge is 0.251 e. The van der Waals surface area contributed by atoms with E-state index in [-0.39, 0.29) is 11.8 Å². The summed E-state index contributed by atoms with van der Waals surface area (Å²) in [5.74, 6) is -0.0637. The summed E-state index contributed by atoms with van der Waals surface area (Å²) in [7, 11) is 0. The average molecular weight is 341 g/mol. The molecule has 0 spiro atoms. The molecule has 0 aliphatic carbocycles. The number of hydrogen-bond acceptors (Lipinski definition) is 3. The minimum atomic E-state index is -0.0319. The van der Waals surface area contributed by atoms with Crippen LogP contribution in [0.1, 0.15) is 31.8 Å². The topological polar surface area (TPSA) is 71.1 Å². The van der Waals surface area contributed by atoms with Crippen LogP contribution in [0.5, 0.6) is 0 Å². The van der Waals surface area contributed by atoms with E-state index in [4.69, 9.17) is 0 Å². The summed E-state index contributed by atoms with van der Waals surface area (Å²) >= 11 is 0. The first-order valence-corrected chi connectivity index (χ1v) is 8.47. The van der Waals surface area contributed by atoms with E-state index in [0.29, 0.717) is 13.1 Å². The normalized spacial score (nSPS) is 14.6. The molecule has 126 valence electrons. The average Bonchev–Trinajstić information content (AvgIpc) is 3.24. The van der Waals surface area contributed by atoms with Crippen LogP contribution in [0.25, 0.3) is 22.3 Å². The van der Waals surface area contributed by atoms with Gasteiger partial charge in [-0.3, -0.25) is 14.6 Å². The van der Waals surface area contributed by atoms with Gasteiger partial charge in [0.2, 0.25) is 0 Å². The Balaban J connectivity index is 1.56. The molecule has 3 heterocycles. The minimum absolute atomic E-state index is 0.0319. The third-order valence-corrected chi connectivity index (χ3v) is 4.99. The first kappa shape index (κ1) is 14.8. The molecule has 0 atom stereocenters. The molecular weight excluding hydrogens is 326 g/mol. The van der Waals surface area contributed by atoms with Crippen LogP contribution < -0.4 is 10.6 Å². The van der Waals surface area contributed by atoms with Crippen LogP contribution in [0, 0.1) is 0 Å². The summed E-state index contributed by atoms with van der Waals surface area (Å²) in [5.41, 5.74) is 7.28. The summed E-state index contributed by atoms with van der Waals surface area (Å²) in [6.07, 6.45) is 3.58. The van der Waals surface area contributed by atoms with E-state index < -0.39 is 0 Å². The lowest BCUT2D eigenvalue weighted by Crippen LogP contribution is -2.12. The van der Waals surface area contributed by atoms with Crippen molar-refractivity contribution < 1.29 is 9.59 Å². The van der Waals surface area contributed by atoms with Gasteiger partial charge >= 0.3 is 0 Å². The van der Waals surface area contributed by atoms with Gasteiger partial charge in [0, 0.05) is 47.7 Å². The van der Waals surface area contributed by atoms with Gasteiger partial charge in [-0.05, 0) is 40.5 Å². The Hall–Kier alpha value is -3.47. The van der Waals surface area contributed by atoms with E-state index in [1.807, 2.05) is 42.5 Å². The maximum atomic E-state index is 11.9. The van der Waals surface area contributed by atoms with Gasteiger partial charge in [0.25, 0.3) is 11.8 Å². The van der Waals surface area contributed by atoms with E-state index in [1.54, 1.807) is 12.4 Å². The monoisotopic (exact) mass is 341 g/mol. The summed E-state index contributed by atoms with van der Waals surface area (Å²) in [4.78, 5) is 28.2. The molecule has 5 nitrogen and oxygen atoms in total. The molecule has 1 aromatic heterocycles. The number of carbonyl (C=O) groups excluding carboxylic acids is 2. The van der Waals surface area contributed by atoms with Crippen LogP contribution in [0.15, 0.2) is 54.9 Å². The largest absolute Gasteiger partial charge is 0.348 e. The third kappa shape index (κ3) is 2.29. The molecule has 2 aromatic carbocycles. The molecule has 2 aliphatic heterocycles. The molecule has 0 saturated carbocycles. The zero-order valence-corrected chi connectivity index (χ0v) is 13.9. The zero-order valence-electron chi connectivity index (χ0n) is 13.9. The molecule has 0 unspecified atom stereocenters. The summed E-state index contributed by atoms with van der Waals surface area (Å²) < 4.78 is 0. The standard InChI is InChI=1S/C21H15N3O2/c25-20-18-6-12(1-3-14(18)10-23-20)16-5-17(9-22-8-16)13-2-4-15-11-24-21(26)19(15)7-13/h1-9H,10-11H2,(H,23,25)(H,24,26). The molecule has 2 N–H and O–H groups in total. The Bertz CT molecular complexity index is 1010. The van der Waals surface area contributed by atoms with E-state index in [9.17, 15) is 9.59 Å². The van der Waals surface area contributed by atoms with Crippen LogP contribution >= 0.6 is 0 Å². The van der Waals surface area contributed by atoms with Crippen LogP contribution in [0.2, 0.25) is 0 Å². The van der Waals surface area contributed by atoms with Gasteiger partial charge in [0.15, 0.2) is 0 Å². The SMILES string of the molecule is O=C1NCc2ccc(-c3cncc(-c4ccc5c(c4)C(=O)NC5)c3)cc21. The van der Waals surface area contributed by atoms with Crippen molar-refractivity contribution >= 4 is 11.8 Å². The van der Waals surface area contributed by atoms with Gasteiger partial charge in [-0.15, -0.1) is 0 Å². The van der Waals surface area contributed by atoms with Crippen molar-refractivity contribution in [3.05, 3.63) is 77.1 Å². The highest BCUT2D eigenvalue weighted by Gasteiger charge is 2.20. The molecule has 26 heavy (non-hydrogen) atoms. The lowest BCUT2D eigenvalue weighted by molar-refractivity contribution is 0.0957. The Morgan fingerprint density at radius 1 is 0.654 bits per heavy atom. The number of benzene rings is 2. The quantitative estimate of drug-likeness (QED) is 0.753. The third-order valence-electron chi connectivity index (χ3n) is 4.99. The Morgan fingerprint density at radius 3 is 1.65 bits per heavy atom. The predicted octanol–water partition coefficient (Wildman–Crippen LogP) is 2.90. The highest BCUT2D eigenvalue weighted by Crippen LogP contribution is 2.29. The van der Waals surface area contributed by atoms with E-state index >= 15 is 0 Å². The maximum Gasteiger partial charge on any atom is 0.251 e. The predicted molar refractivity (Wildman–Crippen MR) is 97.4 cm³/mol.